The van der Waals surface area contributed by atoms with Gasteiger partial charge in [0.05, 0.1) is 5.56 Å². The summed E-state index contributed by atoms with van der Waals surface area (Å²) in [7, 11) is 0. The summed E-state index contributed by atoms with van der Waals surface area (Å²) in [4.78, 5) is 46.6. The van der Waals surface area contributed by atoms with E-state index in [0.29, 0.717) is 30.8 Å². The maximum atomic E-state index is 13.1. The third-order valence-corrected chi connectivity index (χ3v) is 6.62. The van der Waals surface area contributed by atoms with Gasteiger partial charge in [-0.05, 0) is 38.3 Å². The summed E-state index contributed by atoms with van der Waals surface area (Å²) in [6.07, 6.45) is 8.52. The summed E-state index contributed by atoms with van der Waals surface area (Å²) in [5, 5.41) is 6.40. The number of nitrogens with zero attached hydrogens (tertiary/aromatic N) is 3. The smallest absolute Gasteiger partial charge is 0.256 e. The Labute approximate surface area is 177 Å². The molecule has 2 atom stereocenters. The minimum Gasteiger partial charge on any atom is -0.347 e. The lowest BCUT2D eigenvalue weighted by atomic mass is 9.97. The molecule has 3 aliphatic rings. The summed E-state index contributed by atoms with van der Waals surface area (Å²) >= 11 is 0. The van der Waals surface area contributed by atoms with Crippen molar-refractivity contribution < 1.29 is 14.4 Å². The number of pyridine rings is 1. The number of aromatic nitrogens is 1. The van der Waals surface area contributed by atoms with Crippen molar-refractivity contribution in [2.45, 2.75) is 70.0 Å². The number of carbonyl (C=O) groups is 3. The molecule has 0 aromatic carbocycles. The van der Waals surface area contributed by atoms with Crippen LogP contribution in [0, 0.1) is 0 Å². The monoisotopic (exact) mass is 413 g/mol. The van der Waals surface area contributed by atoms with E-state index in [1.807, 2.05) is 11.8 Å². The molecule has 1 aromatic rings. The van der Waals surface area contributed by atoms with Gasteiger partial charge in [0.15, 0.2) is 0 Å². The van der Waals surface area contributed by atoms with E-state index >= 15 is 0 Å². The number of amides is 3. The topological polar surface area (TPSA) is 94.6 Å². The first-order valence-corrected chi connectivity index (χ1v) is 11.1. The molecule has 0 saturated carbocycles. The van der Waals surface area contributed by atoms with E-state index in [4.69, 9.17) is 0 Å². The fraction of sp³-hybridized carbons (Fsp3) is 0.636. The van der Waals surface area contributed by atoms with E-state index in [1.165, 1.54) is 6.42 Å². The zero-order valence-electron chi connectivity index (χ0n) is 17.7. The maximum absolute atomic E-state index is 13.1. The largest absolute Gasteiger partial charge is 0.347 e. The number of fused-ring (bicyclic) bond motifs is 1. The Morgan fingerprint density at radius 2 is 1.80 bits per heavy atom. The van der Waals surface area contributed by atoms with Crippen LogP contribution in [0.5, 0.6) is 0 Å². The number of hydrogen-bond acceptors (Lipinski definition) is 5. The van der Waals surface area contributed by atoms with Crippen LogP contribution in [-0.4, -0.2) is 63.8 Å². The van der Waals surface area contributed by atoms with Crippen LogP contribution in [0.2, 0.25) is 0 Å². The molecular weight excluding hydrogens is 382 g/mol. The SMILES string of the molecule is CC(C(=O)N1CCCCCCC1)N1CCC2(CCC1=O)NC(=O)c1cccnc1N2. The van der Waals surface area contributed by atoms with Crippen molar-refractivity contribution in [3.05, 3.63) is 23.9 Å². The van der Waals surface area contributed by atoms with Gasteiger partial charge in [0.25, 0.3) is 5.91 Å². The third kappa shape index (κ3) is 4.13. The van der Waals surface area contributed by atoms with Gasteiger partial charge in [-0.15, -0.1) is 0 Å². The fourth-order valence-electron chi connectivity index (χ4n) is 4.78. The second-order valence-electron chi connectivity index (χ2n) is 8.67. The summed E-state index contributed by atoms with van der Waals surface area (Å²) in [5.74, 6) is 0.367. The minimum absolute atomic E-state index is 0.0360. The fourth-order valence-corrected chi connectivity index (χ4v) is 4.78. The molecule has 0 aliphatic carbocycles. The van der Waals surface area contributed by atoms with Crippen molar-refractivity contribution in [1.82, 2.24) is 20.1 Å². The van der Waals surface area contributed by atoms with Gasteiger partial charge in [-0.2, -0.15) is 0 Å². The molecule has 1 spiro atoms. The molecule has 2 unspecified atom stereocenters. The van der Waals surface area contributed by atoms with Crippen LogP contribution in [0.1, 0.15) is 68.6 Å². The van der Waals surface area contributed by atoms with Gasteiger partial charge in [0, 0.05) is 38.7 Å². The van der Waals surface area contributed by atoms with Crippen LogP contribution in [0.15, 0.2) is 18.3 Å². The van der Waals surface area contributed by atoms with E-state index in [2.05, 4.69) is 15.6 Å². The average Bonchev–Trinajstić information content (AvgIpc) is 2.86. The highest BCUT2D eigenvalue weighted by Crippen LogP contribution is 2.31. The predicted molar refractivity (Wildman–Crippen MR) is 113 cm³/mol. The Hall–Kier alpha value is -2.64. The highest BCUT2D eigenvalue weighted by Gasteiger charge is 2.42. The van der Waals surface area contributed by atoms with Crippen LogP contribution in [0.3, 0.4) is 0 Å². The van der Waals surface area contributed by atoms with Gasteiger partial charge >= 0.3 is 0 Å². The molecule has 162 valence electrons. The molecule has 30 heavy (non-hydrogen) atoms. The van der Waals surface area contributed by atoms with E-state index in [-0.39, 0.29) is 24.1 Å². The Morgan fingerprint density at radius 3 is 2.57 bits per heavy atom. The quantitative estimate of drug-likeness (QED) is 0.775. The van der Waals surface area contributed by atoms with Crippen molar-refractivity contribution in [2.75, 3.05) is 25.0 Å². The highest BCUT2D eigenvalue weighted by atomic mass is 16.2. The van der Waals surface area contributed by atoms with Gasteiger partial charge in [-0.3, -0.25) is 14.4 Å². The Morgan fingerprint density at radius 1 is 1.07 bits per heavy atom. The number of nitrogens with one attached hydrogen (secondary N) is 2. The van der Waals surface area contributed by atoms with Crippen LogP contribution >= 0.6 is 0 Å². The molecule has 1 aromatic heterocycles. The highest BCUT2D eigenvalue weighted by molar-refractivity contribution is 6.01. The van der Waals surface area contributed by atoms with Gasteiger partial charge in [0.1, 0.15) is 17.5 Å². The first-order chi connectivity index (χ1) is 14.5. The molecule has 2 saturated heterocycles. The second kappa shape index (κ2) is 8.62. The molecule has 8 heteroatoms. The number of rotatable bonds is 2. The molecule has 4 rings (SSSR count). The number of likely N-dealkylation sites (tertiary alicyclic amines) is 2. The van der Waals surface area contributed by atoms with Gasteiger partial charge in [-0.25, -0.2) is 4.98 Å². The van der Waals surface area contributed by atoms with Crippen LogP contribution in [0.4, 0.5) is 5.82 Å². The lowest BCUT2D eigenvalue weighted by Crippen LogP contribution is -2.58. The van der Waals surface area contributed by atoms with Crippen molar-refractivity contribution in [2.24, 2.45) is 0 Å². The number of carbonyl (C=O) groups excluding carboxylic acids is 3. The van der Waals surface area contributed by atoms with E-state index < -0.39 is 11.7 Å². The molecule has 0 bridgehead atoms. The van der Waals surface area contributed by atoms with Gasteiger partial charge in [-0.1, -0.05) is 19.3 Å². The number of hydrogen-bond donors (Lipinski definition) is 2. The van der Waals surface area contributed by atoms with Gasteiger partial charge < -0.3 is 20.4 Å². The predicted octanol–water partition coefficient (Wildman–Crippen LogP) is 2.13. The zero-order valence-corrected chi connectivity index (χ0v) is 17.7. The number of anilines is 1. The van der Waals surface area contributed by atoms with Gasteiger partial charge in [0.2, 0.25) is 11.8 Å². The zero-order chi connectivity index (χ0) is 21.1. The molecular formula is C22H31N5O3. The van der Waals surface area contributed by atoms with Crippen LogP contribution < -0.4 is 10.6 Å². The molecule has 3 aliphatic heterocycles. The van der Waals surface area contributed by atoms with Crippen molar-refractivity contribution in [1.29, 1.82) is 0 Å². The molecule has 3 amide bonds. The maximum Gasteiger partial charge on any atom is 0.256 e. The summed E-state index contributed by atoms with van der Waals surface area (Å²) in [5.41, 5.74) is -0.206. The molecule has 2 N–H and O–H groups in total. The Kier molecular flexibility index (Phi) is 5.92. The molecule has 4 heterocycles. The standard InChI is InChI=1S/C22H31N5O3/c1-16(21(30)26-13-5-3-2-4-6-14-26)27-15-11-22(10-9-18(27)28)24-19-17(20(29)25-22)8-7-12-23-19/h7-8,12,16H,2-6,9-11,13-15H2,1H3,(H,23,24)(H,25,29). The Bertz CT molecular complexity index is 821. The third-order valence-electron chi connectivity index (χ3n) is 6.62. The van der Waals surface area contributed by atoms with E-state index in [1.54, 1.807) is 23.2 Å². The molecule has 0 radical (unpaired) electrons. The molecule has 8 nitrogen and oxygen atoms in total. The van der Waals surface area contributed by atoms with Crippen LogP contribution in [0.25, 0.3) is 0 Å². The van der Waals surface area contributed by atoms with Crippen molar-refractivity contribution in [3.63, 3.8) is 0 Å². The lowest BCUT2D eigenvalue weighted by Gasteiger charge is -2.39. The lowest BCUT2D eigenvalue weighted by molar-refractivity contribution is -0.145. The second-order valence-corrected chi connectivity index (χ2v) is 8.67. The van der Waals surface area contributed by atoms with E-state index in [9.17, 15) is 14.4 Å². The van der Waals surface area contributed by atoms with Crippen molar-refractivity contribution >= 4 is 23.5 Å². The summed E-state index contributed by atoms with van der Waals surface area (Å²) < 4.78 is 0. The Balaban J connectivity index is 1.46. The average molecular weight is 414 g/mol. The van der Waals surface area contributed by atoms with Crippen molar-refractivity contribution in [3.8, 4) is 0 Å². The summed E-state index contributed by atoms with van der Waals surface area (Å²) in [6.45, 7) is 3.79. The molecule has 2 fully saturated rings. The first kappa shape index (κ1) is 20.6. The first-order valence-electron chi connectivity index (χ1n) is 11.1. The van der Waals surface area contributed by atoms with Crippen LogP contribution in [-0.2, 0) is 9.59 Å². The van der Waals surface area contributed by atoms with E-state index in [0.717, 1.165) is 38.8 Å². The summed E-state index contributed by atoms with van der Waals surface area (Å²) in [6, 6.07) is 2.97. The minimum atomic E-state index is -0.716. The normalized spacial score (nSPS) is 26.0.